The highest BCUT2D eigenvalue weighted by atomic mass is 19.4. The number of carbonyl (C=O) groups is 3. The number of piperidine rings is 2. The Morgan fingerprint density at radius 3 is 2.45 bits per heavy atom. The molecule has 3 atom stereocenters. The second kappa shape index (κ2) is 13.4. The Bertz CT molecular complexity index is 2400. The molecule has 5 aromatic rings. The lowest BCUT2D eigenvalue weighted by Gasteiger charge is -2.58. The number of hydrogen-bond acceptors (Lipinski definition) is 8. The minimum atomic E-state index is -4.64. The summed E-state index contributed by atoms with van der Waals surface area (Å²) in [5, 5.41) is 10.7. The Kier molecular flexibility index (Phi) is 8.55. The van der Waals surface area contributed by atoms with Crippen LogP contribution in [-0.4, -0.2) is 78.2 Å². The third-order valence-electron chi connectivity index (χ3n) is 12.0. The number of imide groups is 1. The van der Waals surface area contributed by atoms with E-state index in [1.54, 1.807) is 34.4 Å². The molecule has 2 aromatic carbocycles. The van der Waals surface area contributed by atoms with Crippen LogP contribution in [0.4, 0.5) is 24.5 Å². The van der Waals surface area contributed by atoms with Gasteiger partial charge in [0.1, 0.15) is 17.4 Å². The number of anilines is 2. The first-order valence-electron chi connectivity index (χ1n) is 18.8. The molecule has 3 aromatic heterocycles. The van der Waals surface area contributed by atoms with Crippen molar-refractivity contribution in [2.75, 3.05) is 29.9 Å². The number of alkyl halides is 3. The largest absolute Gasteiger partial charge is 0.433 e. The summed E-state index contributed by atoms with van der Waals surface area (Å²) in [4.78, 5) is 59.2. The molecule has 3 amide bonds. The second-order valence-electron chi connectivity index (χ2n) is 15.4. The number of aryl methyl sites for hydroxylation is 1. The van der Waals surface area contributed by atoms with Gasteiger partial charge in [0.25, 0.3) is 5.91 Å². The normalized spacial score (nSPS) is 24.6. The molecule has 2 bridgehead atoms. The summed E-state index contributed by atoms with van der Waals surface area (Å²) in [6.45, 7) is 2.78. The molecule has 5 aliphatic rings. The van der Waals surface area contributed by atoms with E-state index >= 15 is 0 Å². The molecular weight excluding hydrogens is 715 g/mol. The molecule has 13 nitrogen and oxygen atoms in total. The Morgan fingerprint density at radius 1 is 0.945 bits per heavy atom. The maximum absolute atomic E-state index is 13.5. The summed E-state index contributed by atoms with van der Waals surface area (Å²) < 4.78 is 44.4. The standard InChI is InChI=1S/C39H40F3N9O4/c1-47-35-30(5-3-6-31(35)51(38(47)55)32-14-15-34(52)45-37(32)54)48-20-26-17-27(21-48)49(26)18-22-8-11-25(12-9-22)50-19-23-16-24(10-13-28(23)46-50)43-36(53)29-4-2-7-33(44-29)39(40,41)42/h2-7,10,13,16,19,22,25-27,32H,8-9,11-12,14-15,17-18,20-21H2,1H3,(H,43,53)(H,45,52,54)/t22-,25+,26?,27?,32?. The van der Waals surface area contributed by atoms with Crippen LogP contribution < -0.4 is 21.2 Å². The fraction of sp³-hybridized carbons (Fsp3) is 0.436. The van der Waals surface area contributed by atoms with Gasteiger partial charge in [-0.25, -0.2) is 9.78 Å². The van der Waals surface area contributed by atoms with E-state index in [9.17, 15) is 32.3 Å². The van der Waals surface area contributed by atoms with E-state index < -0.39 is 29.7 Å². The van der Waals surface area contributed by atoms with Crippen molar-refractivity contribution in [1.29, 1.82) is 0 Å². The quantitative estimate of drug-likeness (QED) is 0.221. The van der Waals surface area contributed by atoms with Crippen molar-refractivity contribution in [1.82, 2.24) is 34.1 Å². The maximum Gasteiger partial charge on any atom is 0.433 e. The van der Waals surface area contributed by atoms with Gasteiger partial charge < -0.3 is 10.2 Å². The highest BCUT2D eigenvalue weighted by Gasteiger charge is 2.46. The van der Waals surface area contributed by atoms with Crippen LogP contribution in [0.3, 0.4) is 0 Å². The van der Waals surface area contributed by atoms with E-state index in [1.165, 1.54) is 6.07 Å². The van der Waals surface area contributed by atoms with E-state index in [4.69, 9.17) is 5.10 Å². The highest BCUT2D eigenvalue weighted by Crippen LogP contribution is 2.41. The summed E-state index contributed by atoms with van der Waals surface area (Å²) >= 11 is 0. The fourth-order valence-electron chi connectivity index (χ4n) is 9.20. The Hall–Kier alpha value is -5.51. The smallest absolute Gasteiger partial charge is 0.367 e. The van der Waals surface area contributed by atoms with Gasteiger partial charge in [0.15, 0.2) is 0 Å². The number of imidazole rings is 1. The van der Waals surface area contributed by atoms with Gasteiger partial charge in [0.05, 0.1) is 28.3 Å². The van der Waals surface area contributed by atoms with Crippen LogP contribution in [0.15, 0.2) is 65.6 Å². The maximum atomic E-state index is 13.5. The second-order valence-corrected chi connectivity index (χ2v) is 15.4. The van der Waals surface area contributed by atoms with Gasteiger partial charge in [-0.3, -0.25) is 38.4 Å². The van der Waals surface area contributed by atoms with Crippen LogP contribution in [0.1, 0.15) is 73.2 Å². The zero-order valence-electron chi connectivity index (χ0n) is 30.1. The Labute approximate surface area is 313 Å². The van der Waals surface area contributed by atoms with Crippen molar-refractivity contribution in [3.63, 3.8) is 0 Å². The van der Waals surface area contributed by atoms with Gasteiger partial charge >= 0.3 is 11.9 Å². The minimum Gasteiger partial charge on any atom is -0.367 e. The molecule has 4 saturated heterocycles. The zero-order valence-corrected chi connectivity index (χ0v) is 30.1. The average molecular weight is 756 g/mol. The highest BCUT2D eigenvalue weighted by molar-refractivity contribution is 6.04. The molecule has 1 aliphatic carbocycles. The monoisotopic (exact) mass is 755 g/mol. The van der Waals surface area contributed by atoms with E-state index in [1.807, 2.05) is 23.0 Å². The van der Waals surface area contributed by atoms with Crippen molar-refractivity contribution >= 4 is 51.0 Å². The number of pyridine rings is 1. The number of hydrogen-bond donors (Lipinski definition) is 2. The first kappa shape index (κ1) is 35.2. The molecule has 2 N–H and O–H groups in total. The molecule has 4 aliphatic heterocycles. The van der Waals surface area contributed by atoms with E-state index in [0.29, 0.717) is 35.6 Å². The first-order valence-corrected chi connectivity index (χ1v) is 18.8. The third-order valence-corrected chi connectivity index (χ3v) is 12.0. The molecular formula is C39H40F3N9O4. The number of fused-ring (bicyclic) bond motifs is 4. The molecule has 286 valence electrons. The number of para-hydroxylation sites is 1. The Balaban J connectivity index is 0.813. The SMILES string of the molecule is Cn1c(=O)n(C2CCC(=O)NC2=O)c2cccc(N3CC4CC(C3)N4C[C@H]3CC[C@@H](n4cc5cc(NC(=O)c6cccc(C(F)(F)F)n6)ccc5n4)CC3)c21. The van der Waals surface area contributed by atoms with Crippen LogP contribution >= 0.6 is 0 Å². The van der Waals surface area contributed by atoms with Crippen LogP contribution in [0.25, 0.3) is 21.9 Å². The molecule has 55 heavy (non-hydrogen) atoms. The number of rotatable bonds is 7. The number of nitrogens with zero attached hydrogens (tertiary/aromatic N) is 7. The number of carbonyl (C=O) groups excluding carboxylic acids is 3. The van der Waals surface area contributed by atoms with Crippen molar-refractivity contribution < 1.29 is 27.6 Å². The lowest BCUT2D eigenvalue weighted by molar-refractivity contribution is -0.141. The predicted molar refractivity (Wildman–Crippen MR) is 198 cm³/mol. The van der Waals surface area contributed by atoms with Crippen LogP contribution in [-0.2, 0) is 22.8 Å². The number of amides is 3. The van der Waals surface area contributed by atoms with E-state index in [0.717, 1.165) is 86.0 Å². The first-order chi connectivity index (χ1) is 26.4. The molecule has 16 heteroatoms. The van der Waals surface area contributed by atoms with E-state index in [2.05, 4.69) is 31.5 Å². The number of aromatic nitrogens is 5. The van der Waals surface area contributed by atoms with Crippen LogP contribution in [0.5, 0.6) is 0 Å². The average Bonchev–Trinajstić information content (AvgIpc) is 3.71. The van der Waals surface area contributed by atoms with Crippen molar-refractivity contribution in [3.8, 4) is 0 Å². The Morgan fingerprint density at radius 2 is 1.71 bits per heavy atom. The van der Waals surface area contributed by atoms with Crippen LogP contribution in [0, 0.1) is 5.92 Å². The molecule has 1 saturated carbocycles. The van der Waals surface area contributed by atoms with Crippen molar-refractivity contribution in [2.24, 2.45) is 13.0 Å². The zero-order chi connectivity index (χ0) is 38.2. The van der Waals surface area contributed by atoms with Crippen molar-refractivity contribution in [2.45, 2.75) is 75.3 Å². The third kappa shape index (κ3) is 6.35. The lowest BCUT2D eigenvalue weighted by Crippen LogP contribution is -2.69. The number of benzene rings is 2. The number of halogens is 3. The summed E-state index contributed by atoms with van der Waals surface area (Å²) in [5.41, 5.74) is 2.04. The number of piperazine rings is 1. The lowest BCUT2D eigenvalue weighted by atomic mass is 9.81. The summed E-state index contributed by atoms with van der Waals surface area (Å²) in [6.07, 6.45) is 3.15. The molecule has 0 spiro atoms. The van der Waals surface area contributed by atoms with Crippen molar-refractivity contribution in [3.05, 3.63) is 82.7 Å². The molecule has 0 radical (unpaired) electrons. The van der Waals surface area contributed by atoms with Gasteiger partial charge in [-0.05, 0) is 86.9 Å². The summed E-state index contributed by atoms with van der Waals surface area (Å²) in [7, 11) is 1.75. The molecule has 10 rings (SSSR count). The summed E-state index contributed by atoms with van der Waals surface area (Å²) in [6, 6.07) is 14.8. The van der Waals surface area contributed by atoms with Gasteiger partial charge in [0.2, 0.25) is 11.8 Å². The van der Waals surface area contributed by atoms with Gasteiger partial charge in [0, 0.05) is 62.5 Å². The molecule has 5 fully saturated rings. The summed E-state index contributed by atoms with van der Waals surface area (Å²) in [5.74, 6) is -0.888. The van der Waals surface area contributed by atoms with Gasteiger partial charge in [-0.2, -0.15) is 18.3 Å². The number of nitrogens with one attached hydrogen (secondary N) is 2. The van der Waals surface area contributed by atoms with Crippen LogP contribution in [0.2, 0.25) is 0 Å². The van der Waals surface area contributed by atoms with E-state index in [-0.39, 0.29) is 29.8 Å². The fourth-order valence-corrected chi connectivity index (χ4v) is 9.20. The van der Waals surface area contributed by atoms with Gasteiger partial charge in [-0.15, -0.1) is 0 Å². The van der Waals surface area contributed by atoms with Gasteiger partial charge in [-0.1, -0.05) is 12.1 Å². The minimum absolute atomic E-state index is 0.201. The predicted octanol–water partition coefficient (Wildman–Crippen LogP) is 5.03. The molecule has 3 unspecified atom stereocenters. The molecule has 7 heterocycles. The topological polar surface area (TPSA) is 139 Å².